The lowest BCUT2D eigenvalue weighted by atomic mass is 9.90. The van der Waals surface area contributed by atoms with E-state index in [4.69, 9.17) is 11.6 Å². The number of rotatable bonds is 2. The summed E-state index contributed by atoms with van der Waals surface area (Å²) in [6.45, 7) is 1.96. The molecule has 3 heteroatoms. The molecule has 0 N–H and O–H groups in total. The molecule has 1 unspecified atom stereocenters. The SMILES string of the molecule is CN1CCCC(C(=O)c2cccc(Cl)c2)C1. The molecule has 16 heavy (non-hydrogen) atoms. The Labute approximate surface area is 101 Å². The minimum Gasteiger partial charge on any atom is -0.306 e. The minimum atomic E-state index is 0.136. The van der Waals surface area contributed by atoms with Crippen molar-refractivity contribution in [2.45, 2.75) is 12.8 Å². The largest absolute Gasteiger partial charge is 0.306 e. The van der Waals surface area contributed by atoms with Crippen molar-refractivity contribution in [2.75, 3.05) is 20.1 Å². The van der Waals surface area contributed by atoms with E-state index < -0.39 is 0 Å². The first-order valence-electron chi connectivity index (χ1n) is 5.65. The lowest BCUT2D eigenvalue weighted by Gasteiger charge is -2.28. The molecule has 1 heterocycles. The summed E-state index contributed by atoms with van der Waals surface area (Å²) >= 11 is 5.89. The van der Waals surface area contributed by atoms with Gasteiger partial charge in [0.05, 0.1) is 0 Å². The Morgan fingerprint density at radius 2 is 2.31 bits per heavy atom. The van der Waals surface area contributed by atoms with E-state index in [1.165, 1.54) is 0 Å². The number of halogens is 1. The van der Waals surface area contributed by atoms with Crippen molar-refractivity contribution in [2.24, 2.45) is 5.92 Å². The molecule has 0 aliphatic carbocycles. The van der Waals surface area contributed by atoms with Gasteiger partial charge in [-0.25, -0.2) is 0 Å². The van der Waals surface area contributed by atoms with Crippen LogP contribution in [0, 0.1) is 5.92 Å². The van der Waals surface area contributed by atoms with E-state index in [0.29, 0.717) is 5.02 Å². The van der Waals surface area contributed by atoms with Crippen LogP contribution in [0.15, 0.2) is 24.3 Å². The number of piperidine rings is 1. The topological polar surface area (TPSA) is 20.3 Å². The molecule has 1 aromatic rings. The molecule has 1 saturated heterocycles. The Morgan fingerprint density at radius 3 is 3.00 bits per heavy atom. The molecule has 0 aromatic heterocycles. The van der Waals surface area contributed by atoms with Gasteiger partial charge in [-0.2, -0.15) is 0 Å². The number of carbonyl (C=O) groups is 1. The average Bonchev–Trinajstić information content (AvgIpc) is 2.28. The minimum absolute atomic E-state index is 0.136. The summed E-state index contributed by atoms with van der Waals surface area (Å²) in [5.74, 6) is 0.367. The van der Waals surface area contributed by atoms with Gasteiger partial charge in [0.1, 0.15) is 0 Å². The summed E-state index contributed by atoms with van der Waals surface area (Å²) in [6, 6.07) is 7.24. The third-order valence-corrected chi connectivity index (χ3v) is 3.34. The molecule has 1 aliphatic heterocycles. The predicted octanol–water partition coefficient (Wildman–Crippen LogP) is 2.86. The van der Waals surface area contributed by atoms with Gasteiger partial charge in [-0.1, -0.05) is 23.7 Å². The molecule has 2 nitrogen and oxygen atoms in total. The Balaban J connectivity index is 2.12. The monoisotopic (exact) mass is 237 g/mol. The normalized spacial score (nSPS) is 22.0. The fourth-order valence-electron chi connectivity index (χ4n) is 2.26. The molecule has 0 spiro atoms. The van der Waals surface area contributed by atoms with Crippen LogP contribution in [-0.4, -0.2) is 30.8 Å². The standard InChI is InChI=1S/C13H16ClNO/c1-15-7-3-5-11(9-15)13(16)10-4-2-6-12(14)8-10/h2,4,6,8,11H,3,5,7,9H2,1H3. The van der Waals surface area contributed by atoms with Crippen molar-refractivity contribution in [1.29, 1.82) is 0 Å². The van der Waals surface area contributed by atoms with Crippen molar-refractivity contribution in [3.05, 3.63) is 34.9 Å². The van der Waals surface area contributed by atoms with Crippen LogP contribution in [0.4, 0.5) is 0 Å². The van der Waals surface area contributed by atoms with Crippen LogP contribution in [0.25, 0.3) is 0 Å². The van der Waals surface area contributed by atoms with Crippen LogP contribution >= 0.6 is 11.6 Å². The van der Waals surface area contributed by atoms with Crippen molar-refractivity contribution < 1.29 is 4.79 Å². The molecular formula is C13H16ClNO. The smallest absolute Gasteiger partial charge is 0.167 e. The van der Waals surface area contributed by atoms with Crippen molar-refractivity contribution >= 4 is 17.4 Å². The fourth-order valence-corrected chi connectivity index (χ4v) is 2.45. The van der Waals surface area contributed by atoms with Gasteiger partial charge in [0.2, 0.25) is 0 Å². The van der Waals surface area contributed by atoms with Crippen LogP contribution in [-0.2, 0) is 0 Å². The van der Waals surface area contributed by atoms with Gasteiger partial charge in [0.15, 0.2) is 5.78 Å². The van der Waals surface area contributed by atoms with E-state index in [1.54, 1.807) is 12.1 Å². The molecule has 0 bridgehead atoms. The molecule has 0 radical (unpaired) electrons. The van der Waals surface area contributed by atoms with Gasteiger partial charge in [-0.15, -0.1) is 0 Å². The Morgan fingerprint density at radius 1 is 1.50 bits per heavy atom. The highest BCUT2D eigenvalue weighted by molar-refractivity contribution is 6.31. The first-order chi connectivity index (χ1) is 7.66. The lowest BCUT2D eigenvalue weighted by Crippen LogP contribution is -2.36. The summed E-state index contributed by atoms with van der Waals surface area (Å²) in [7, 11) is 2.07. The summed E-state index contributed by atoms with van der Waals surface area (Å²) in [4.78, 5) is 14.4. The Kier molecular flexibility index (Phi) is 3.62. The highest BCUT2D eigenvalue weighted by atomic mass is 35.5. The first kappa shape index (κ1) is 11.6. The molecular weight excluding hydrogens is 222 g/mol. The van der Waals surface area contributed by atoms with Crippen LogP contribution in [0.5, 0.6) is 0 Å². The molecule has 2 rings (SSSR count). The predicted molar refractivity (Wildman–Crippen MR) is 66.0 cm³/mol. The molecule has 1 aromatic carbocycles. The third kappa shape index (κ3) is 2.63. The van der Waals surface area contributed by atoms with Crippen LogP contribution < -0.4 is 0 Å². The van der Waals surface area contributed by atoms with Crippen LogP contribution in [0.3, 0.4) is 0 Å². The van der Waals surface area contributed by atoms with Crippen molar-refractivity contribution in [1.82, 2.24) is 4.90 Å². The van der Waals surface area contributed by atoms with E-state index in [1.807, 2.05) is 12.1 Å². The zero-order valence-corrected chi connectivity index (χ0v) is 10.2. The lowest BCUT2D eigenvalue weighted by molar-refractivity contribution is 0.0843. The number of ketones is 1. The van der Waals surface area contributed by atoms with Gasteiger partial charge in [0.25, 0.3) is 0 Å². The second kappa shape index (κ2) is 4.98. The number of hydrogen-bond acceptors (Lipinski definition) is 2. The van der Waals surface area contributed by atoms with Crippen LogP contribution in [0.1, 0.15) is 23.2 Å². The maximum Gasteiger partial charge on any atom is 0.167 e. The quantitative estimate of drug-likeness (QED) is 0.738. The maximum atomic E-state index is 12.2. The molecule has 1 aliphatic rings. The number of Topliss-reactive ketones (excluding diaryl/α,β-unsaturated/α-hetero) is 1. The highest BCUT2D eigenvalue weighted by Gasteiger charge is 2.24. The van der Waals surface area contributed by atoms with Crippen molar-refractivity contribution in [3.63, 3.8) is 0 Å². The zero-order valence-electron chi connectivity index (χ0n) is 9.45. The number of hydrogen-bond donors (Lipinski definition) is 0. The number of benzene rings is 1. The number of nitrogens with zero attached hydrogens (tertiary/aromatic N) is 1. The van der Waals surface area contributed by atoms with E-state index in [-0.39, 0.29) is 11.7 Å². The fraction of sp³-hybridized carbons (Fsp3) is 0.462. The highest BCUT2D eigenvalue weighted by Crippen LogP contribution is 2.21. The van der Waals surface area contributed by atoms with E-state index in [9.17, 15) is 4.79 Å². The van der Waals surface area contributed by atoms with Gasteiger partial charge in [0, 0.05) is 23.0 Å². The van der Waals surface area contributed by atoms with Gasteiger partial charge >= 0.3 is 0 Å². The van der Waals surface area contributed by atoms with E-state index in [2.05, 4.69) is 11.9 Å². The second-order valence-corrected chi connectivity index (χ2v) is 4.91. The number of carbonyl (C=O) groups excluding carboxylic acids is 1. The Bertz CT molecular complexity index is 391. The second-order valence-electron chi connectivity index (χ2n) is 4.48. The Hall–Kier alpha value is -0.860. The van der Waals surface area contributed by atoms with Gasteiger partial charge < -0.3 is 4.90 Å². The average molecular weight is 238 g/mol. The first-order valence-corrected chi connectivity index (χ1v) is 6.03. The van der Waals surface area contributed by atoms with Gasteiger partial charge in [-0.3, -0.25) is 4.79 Å². The summed E-state index contributed by atoms with van der Waals surface area (Å²) < 4.78 is 0. The molecule has 86 valence electrons. The molecule has 0 saturated carbocycles. The van der Waals surface area contributed by atoms with Crippen LogP contribution in [0.2, 0.25) is 5.02 Å². The van der Waals surface area contributed by atoms with E-state index >= 15 is 0 Å². The summed E-state index contributed by atoms with van der Waals surface area (Å²) in [5, 5.41) is 0.634. The molecule has 1 fully saturated rings. The number of likely N-dealkylation sites (tertiary alicyclic amines) is 1. The summed E-state index contributed by atoms with van der Waals surface area (Å²) in [6.07, 6.45) is 2.10. The zero-order chi connectivity index (χ0) is 11.5. The van der Waals surface area contributed by atoms with Gasteiger partial charge in [-0.05, 0) is 38.6 Å². The molecule has 1 atom stereocenters. The molecule has 0 amide bonds. The summed E-state index contributed by atoms with van der Waals surface area (Å²) in [5.41, 5.74) is 0.743. The van der Waals surface area contributed by atoms with Crippen molar-refractivity contribution in [3.8, 4) is 0 Å². The third-order valence-electron chi connectivity index (χ3n) is 3.10. The van der Waals surface area contributed by atoms with E-state index in [0.717, 1.165) is 31.5 Å². The maximum absolute atomic E-state index is 12.2.